The molecule has 2 atom stereocenters. The number of aryl methyl sites for hydroxylation is 1. The number of halogens is 1. The van der Waals surface area contributed by atoms with Crippen molar-refractivity contribution in [3.05, 3.63) is 34.3 Å². The van der Waals surface area contributed by atoms with Crippen molar-refractivity contribution in [2.75, 3.05) is 6.54 Å². The highest BCUT2D eigenvalue weighted by molar-refractivity contribution is 6.30. The van der Waals surface area contributed by atoms with E-state index in [9.17, 15) is 0 Å². The Hall–Kier alpha value is -0.530. The second-order valence-corrected chi connectivity index (χ2v) is 5.92. The zero-order chi connectivity index (χ0) is 12.3. The van der Waals surface area contributed by atoms with Gasteiger partial charge in [-0.05, 0) is 61.4 Å². The fourth-order valence-corrected chi connectivity index (χ4v) is 3.01. The third-order valence-electron chi connectivity index (χ3n) is 3.86. The number of hydrogen-bond donors (Lipinski definition) is 1. The summed E-state index contributed by atoms with van der Waals surface area (Å²) in [7, 11) is 0. The van der Waals surface area contributed by atoms with Crippen molar-refractivity contribution in [2.24, 2.45) is 11.8 Å². The molecule has 2 unspecified atom stereocenters. The summed E-state index contributed by atoms with van der Waals surface area (Å²) < 4.78 is 0. The first-order valence-corrected chi connectivity index (χ1v) is 6.98. The van der Waals surface area contributed by atoms with Gasteiger partial charge in [-0.25, -0.2) is 0 Å². The number of nitrogens with one attached hydrogen (secondary N) is 1. The fraction of sp³-hybridized carbons (Fsp3) is 0.600. The predicted octanol–water partition coefficient (Wildman–Crippen LogP) is 4.17. The van der Waals surface area contributed by atoms with Crippen LogP contribution in [0.25, 0.3) is 0 Å². The second kappa shape index (κ2) is 5.88. The molecule has 1 N–H and O–H groups in total. The third-order valence-corrected chi connectivity index (χ3v) is 4.09. The quantitative estimate of drug-likeness (QED) is 0.847. The van der Waals surface area contributed by atoms with Crippen LogP contribution in [-0.4, -0.2) is 6.54 Å². The van der Waals surface area contributed by atoms with Crippen molar-refractivity contribution in [3.63, 3.8) is 0 Å². The van der Waals surface area contributed by atoms with Crippen LogP contribution in [0.4, 0.5) is 0 Å². The predicted molar refractivity (Wildman–Crippen MR) is 74.4 cm³/mol. The lowest BCUT2D eigenvalue weighted by Gasteiger charge is -2.12. The van der Waals surface area contributed by atoms with Crippen LogP contribution in [0.2, 0.25) is 5.02 Å². The normalized spacial score (nSPS) is 24.2. The van der Waals surface area contributed by atoms with Gasteiger partial charge in [0.15, 0.2) is 0 Å². The molecule has 2 rings (SSSR count). The van der Waals surface area contributed by atoms with E-state index in [2.05, 4.69) is 25.2 Å². The van der Waals surface area contributed by atoms with E-state index in [4.69, 9.17) is 11.6 Å². The van der Waals surface area contributed by atoms with E-state index in [1.807, 2.05) is 12.1 Å². The van der Waals surface area contributed by atoms with Gasteiger partial charge in [0.25, 0.3) is 0 Å². The fourth-order valence-electron chi connectivity index (χ4n) is 2.78. The van der Waals surface area contributed by atoms with Crippen molar-refractivity contribution in [1.82, 2.24) is 5.32 Å². The Labute approximate surface area is 110 Å². The Balaban J connectivity index is 1.78. The molecule has 1 aliphatic carbocycles. The molecule has 1 saturated carbocycles. The molecule has 0 aliphatic heterocycles. The molecular weight excluding hydrogens is 230 g/mol. The van der Waals surface area contributed by atoms with E-state index >= 15 is 0 Å². The van der Waals surface area contributed by atoms with Gasteiger partial charge in [-0.2, -0.15) is 0 Å². The summed E-state index contributed by atoms with van der Waals surface area (Å²) in [5.74, 6) is 1.82. The van der Waals surface area contributed by atoms with E-state index in [1.54, 1.807) is 0 Å². The van der Waals surface area contributed by atoms with Crippen molar-refractivity contribution in [2.45, 2.75) is 39.7 Å². The lowest BCUT2D eigenvalue weighted by molar-refractivity contribution is 0.470. The van der Waals surface area contributed by atoms with E-state index < -0.39 is 0 Å². The Bertz CT molecular complexity index is 375. The van der Waals surface area contributed by atoms with Crippen molar-refractivity contribution < 1.29 is 0 Å². The topological polar surface area (TPSA) is 12.0 Å². The van der Waals surface area contributed by atoms with Crippen LogP contribution in [0.15, 0.2) is 18.2 Å². The Morgan fingerprint density at radius 3 is 2.82 bits per heavy atom. The third kappa shape index (κ3) is 3.72. The smallest absolute Gasteiger partial charge is 0.0408 e. The summed E-state index contributed by atoms with van der Waals surface area (Å²) >= 11 is 5.95. The van der Waals surface area contributed by atoms with Crippen LogP contribution >= 0.6 is 11.6 Å². The Morgan fingerprint density at radius 2 is 2.18 bits per heavy atom. The molecule has 0 aromatic heterocycles. The molecule has 1 aliphatic rings. The average molecular weight is 252 g/mol. The minimum atomic E-state index is 0.830. The highest BCUT2D eigenvalue weighted by atomic mass is 35.5. The Kier molecular flexibility index (Phi) is 4.47. The van der Waals surface area contributed by atoms with Crippen molar-refractivity contribution >= 4 is 11.6 Å². The monoisotopic (exact) mass is 251 g/mol. The van der Waals surface area contributed by atoms with Crippen LogP contribution in [0, 0.1) is 18.8 Å². The van der Waals surface area contributed by atoms with Gasteiger partial charge in [-0.3, -0.25) is 0 Å². The molecular formula is C15H22ClN. The molecule has 0 radical (unpaired) electrons. The molecule has 1 aromatic rings. The molecule has 0 amide bonds. The van der Waals surface area contributed by atoms with Crippen molar-refractivity contribution in [3.8, 4) is 0 Å². The summed E-state index contributed by atoms with van der Waals surface area (Å²) in [6.45, 7) is 6.62. The van der Waals surface area contributed by atoms with Crippen molar-refractivity contribution in [1.29, 1.82) is 0 Å². The minimum Gasteiger partial charge on any atom is -0.312 e. The maximum atomic E-state index is 5.95. The molecule has 1 nitrogen and oxygen atoms in total. The van der Waals surface area contributed by atoms with Gasteiger partial charge in [0, 0.05) is 11.6 Å². The first-order valence-electron chi connectivity index (χ1n) is 6.61. The highest BCUT2D eigenvalue weighted by Gasteiger charge is 2.20. The molecule has 0 saturated heterocycles. The zero-order valence-corrected chi connectivity index (χ0v) is 11.6. The summed E-state index contributed by atoms with van der Waals surface area (Å²) in [4.78, 5) is 0. The number of rotatable bonds is 4. The average Bonchev–Trinajstić information content (AvgIpc) is 2.68. The molecule has 0 spiro atoms. The minimum absolute atomic E-state index is 0.830. The first kappa shape index (κ1) is 12.9. The summed E-state index contributed by atoms with van der Waals surface area (Å²) in [6.07, 6.45) is 4.20. The summed E-state index contributed by atoms with van der Waals surface area (Å²) in [5, 5.41) is 4.41. The van der Waals surface area contributed by atoms with Crippen LogP contribution in [-0.2, 0) is 6.54 Å². The van der Waals surface area contributed by atoms with E-state index in [-0.39, 0.29) is 0 Å². The highest BCUT2D eigenvalue weighted by Crippen LogP contribution is 2.29. The van der Waals surface area contributed by atoms with Gasteiger partial charge in [-0.15, -0.1) is 0 Å². The van der Waals surface area contributed by atoms with Crippen LogP contribution in [0.5, 0.6) is 0 Å². The standard InChI is InChI=1S/C15H22ClN/c1-11-3-4-13(7-11)9-17-10-14-5-6-15(16)8-12(14)2/h5-6,8,11,13,17H,3-4,7,9-10H2,1-2H3. The van der Waals surface area contributed by atoms with E-state index in [0.717, 1.165) is 29.9 Å². The van der Waals surface area contributed by atoms with E-state index in [0.29, 0.717) is 0 Å². The van der Waals surface area contributed by atoms with E-state index in [1.165, 1.54) is 30.4 Å². The van der Waals surface area contributed by atoms with Crippen LogP contribution in [0.3, 0.4) is 0 Å². The summed E-state index contributed by atoms with van der Waals surface area (Å²) in [6, 6.07) is 6.14. The zero-order valence-electron chi connectivity index (χ0n) is 10.8. The molecule has 1 aromatic carbocycles. The van der Waals surface area contributed by atoms with Gasteiger partial charge >= 0.3 is 0 Å². The largest absolute Gasteiger partial charge is 0.312 e. The lowest BCUT2D eigenvalue weighted by Crippen LogP contribution is -2.21. The molecule has 94 valence electrons. The van der Waals surface area contributed by atoms with Gasteiger partial charge in [-0.1, -0.05) is 31.0 Å². The molecule has 2 heteroatoms. The molecule has 0 heterocycles. The lowest BCUT2D eigenvalue weighted by atomic mass is 10.1. The van der Waals surface area contributed by atoms with Gasteiger partial charge in [0.05, 0.1) is 0 Å². The molecule has 0 bridgehead atoms. The maximum absolute atomic E-state index is 5.95. The SMILES string of the molecule is Cc1cc(Cl)ccc1CNCC1CCC(C)C1. The second-order valence-electron chi connectivity index (χ2n) is 5.49. The van der Waals surface area contributed by atoms with Crippen LogP contribution in [0.1, 0.15) is 37.3 Å². The molecule has 1 fully saturated rings. The summed E-state index contributed by atoms with van der Waals surface area (Å²) in [5.41, 5.74) is 2.64. The molecule has 17 heavy (non-hydrogen) atoms. The van der Waals surface area contributed by atoms with Crippen LogP contribution < -0.4 is 5.32 Å². The number of benzene rings is 1. The number of hydrogen-bond acceptors (Lipinski definition) is 1. The van der Waals surface area contributed by atoms with Gasteiger partial charge in [0.1, 0.15) is 0 Å². The van der Waals surface area contributed by atoms with Gasteiger partial charge < -0.3 is 5.32 Å². The Morgan fingerprint density at radius 1 is 1.35 bits per heavy atom. The van der Waals surface area contributed by atoms with Gasteiger partial charge in [0.2, 0.25) is 0 Å². The first-order chi connectivity index (χ1) is 8.15. The maximum Gasteiger partial charge on any atom is 0.0408 e.